The minimum absolute atomic E-state index is 0.755. The monoisotopic (exact) mass is 233 g/mol. The van der Waals surface area contributed by atoms with Crippen LogP contribution in [0.1, 0.15) is 30.7 Å². The highest BCUT2D eigenvalue weighted by Crippen LogP contribution is 2.26. The third kappa shape index (κ3) is 1.80. The van der Waals surface area contributed by atoms with E-state index in [0.29, 0.717) is 0 Å². The van der Waals surface area contributed by atoms with Crippen molar-refractivity contribution >= 4 is 22.5 Å². The molecule has 0 N–H and O–H groups in total. The van der Waals surface area contributed by atoms with Crippen LogP contribution in [0.3, 0.4) is 0 Å². The summed E-state index contributed by atoms with van der Waals surface area (Å²) in [5, 5.41) is 2.00. The van der Waals surface area contributed by atoms with Crippen molar-refractivity contribution in [2.45, 2.75) is 33.6 Å². The molecule has 2 rings (SSSR count). The van der Waals surface area contributed by atoms with Gasteiger partial charge in [0.2, 0.25) is 0 Å². The first-order chi connectivity index (χ1) is 7.67. The van der Waals surface area contributed by atoms with Crippen LogP contribution in [0.5, 0.6) is 0 Å². The summed E-state index contributed by atoms with van der Waals surface area (Å²) in [4.78, 5) is 4.63. The van der Waals surface area contributed by atoms with Crippen LogP contribution in [0.4, 0.5) is 0 Å². The van der Waals surface area contributed by atoms with E-state index in [-0.39, 0.29) is 0 Å². The molecule has 1 heterocycles. The fourth-order valence-corrected chi connectivity index (χ4v) is 2.52. The molecule has 0 unspecified atom stereocenters. The average Bonchev–Trinajstić information content (AvgIpc) is 2.26. The predicted octanol–water partition coefficient (Wildman–Crippen LogP) is 4.32. The van der Waals surface area contributed by atoms with Gasteiger partial charge in [-0.15, -0.1) is 0 Å². The summed E-state index contributed by atoms with van der Waals surface area (Å²) >= 11 is 6.00. The number of aryl methyl sites for hydroxylation is 2. The van der Waals surface area contributed by atoms with Gasteiger partial charge in [-0.05, 0) is 43.0 Å². The van der Waals surface area contributed by atoms with Crippen LogP contribution < -0.4 is 0 Å². The molecule has 0 radical (unpaired) electrons. The number of benzene rings is 1. The van der Waals surface area contributed by atoms with Crippen LogP contribution in [-0.2, 0) is 12.8 Å². The fraction of sp³-hybridized carbons (Fsp3) is 0.357. The summed E-state index contributed by atoms with van der Waals surface area (Å²) < 4.78 is 0. The molecule has 0 aliphatic heterocycles. The average molecular weight is 234 g/mol. The Balaban J connectivity index is 2.84. The van der Waals surface area contributed by atoms with Crippen molar-refractivity contribution in [1.82, 2.24) is 4.98 Å². The molecule has 16 heavy (non-hydrogen) atoms. The van der Waals surface area contributed by atoms with Gasteiger partial charge in [0.15, 0.2) is 0 Å². The summed E-state index contributed by atoms with van der Waals surface area (Å²) in [7, 11) is 0. The van der Waals surface area contributed by atoms with Crippen molar-refractivity contribution in [1.29, 1.82) is 0 Å². The molecule has 1 nitrogen and oxygen atoms in total. The standard InChI is InChI=1S/C14H16ClN/c1-4-11-9(3)16-14-8-10(15)6-7-13(14)12(11)5-2/h6-8H,4-5H2,1-3H3. The number of aromatic nitrogens is 1. The summed E-state index contributed by atoms with van der Waals surface area (Å²) in [5.74, 6) is 0. The first kappa shape index (κ1) is 11.4. The van der Waals surface area contributed by atoms with Crippen LogP contribution in [0.2, 0.25) is 5.02 Å². The van der Waals surface area contributed by atoms with E-state index in [4.69, 9.17) is 11.6 Å². The first-order valence-electron chi connectivity index (χ1n) is 5.75. The number of pyridine rings is 1. The summed E-state index contributed by atoms with van der Waals surface area (Å²) in [6.45, 7) is 6.46. The first-order valence-corrected chi connectivity index (χ1v) is 6.12. The molecule has 0 aliphatic rings. The Morgan fingerprint density at radius 2 is 1.81 bits per heavy atom. The lowest BCUT2D eigenvalue weighted by atomic mass is 9.97. The topological polar surface area (TPSA) is 12.9 Å². The highest BCUT2D eigenvalue weighted by Gasteiger charge is 2.09. The van der Waals surface area contributed by atoms with E-state index in [2.05, 4.69) is 31.8 Å². The van der Waals surface area contributed by atoms with E-state index in [1.165, 1.54) is 16.5 Å². The van der Waals surface area contributed by atoms with Gasteiger partial charge in [0, 0.05) is 16.1 Å². The highest BCUT2D eigenvalue weighted by molar-refractivity contribution is 6.31. The van der Waals surface area contributed by atoms with E-state index in [9.17, 15) is 0 Å². The van der Waals surface area contributed by atoms with Crippen LogP contribution in [-0.4, -0.2) is 4.98 Å². The van der Waals surface area contributed by atoms with Gasteiger partial charge in [0.25, 0.3) is 0 Å². The number of fused-ring (bicyclic) bond motifs is 1. The lowest BCUT2D eigenvalue weighted by Gasteiger charge is -2.12. The molecule has 0 saturated carbocycles. The van der Waals surface area contributed by atoms with Gasteiger partial charge in [-0.25, -0.2) is 0 Å². The smallest absolute Gasteiger partial charge is 0.0722 e. The fourth-order valence-electron chi connectivity index (χ4n) is 2.35. The molecule has 84 valence electrons. The Hall–Kier alpha value is -1.08. The molecule has 2 aromatic rings. The van der Waals surface area contributed by atoms with Crippen LogP contribution in [0, 0.1) is 6.92 Å². The number of nitrogens with zero attached hydrogens (tertiary/aromatic N) is 1. The largest absolute Gasteiger partial charge is 0.253 e. The lowest BCUT2D eigenvalue weighted by molar-refractivity contribution is 1.00. The molecule has 0 bridgehead atoms. The van der Waals surface area contributed by atoms with Crippen molar-refractivity contribution in [3.63, 3.8) is 0 Å². The van der Waals surface area contributed by atoms with Crippen LogP contribution >= 0.6 is 11.6 Å². The second-order valence-corrected chi connectivity index (χ2v) is 4.46. The molecule has 0 aliphatic carbocycles. The minimum Gasteiger partial charge on any atom is -0.253 e. The molecule has 1 aromatic heterocycles. The Kier molecular flexibility index (Phi) is 3.15. The Morgan fingerprint density at radius 1 is 1.12 bits per heavy atom. The van der Waals surface area contributed by atoms with Gasteiger partial charge in [-0.1, -0.05) is 31.5 Å². The number of hydrogen-bond donors (Lipinski definition) is 0. The molecule has 0 amide bonds. The van der Waals surface area contributed by atoms with Crippen molar-refractivity contribution in [2.24, 2.45) is 0 Å². The zero-order valence-corrected chi connectivity index (χ0v) is 10.7. The van der Waals surface area contributed by atoms with Gasteiger partial charge in [-0.2, -0.15) is 0 Å². The maximum Gasteiger partial charge on any atom is 0.0722 e. The zero-order valence-electron chi connectivity index (χ0n) is 9.97. The normalized spacial score (nSPS) is 11.0. The zero-order chi connectivity index (χ0) is 11.7. The summed E-state index contributed by atoms with van der Waals surface area (Å²) in [6, 6.07) is 5.98. The summed E-state index contributed by atoms with van der Waals surface area (Å²) in [5.41, 5.74) is 4.95. The maximum atomic E-state index is 6.00. The van der Waals surface area contributed by atoms with Gasteiger partial charge < -0.3 is 0 Å². The summed E-state index contributed by atoms with van der Waals surface area (Å²) in [6.07, 6.45) is 2.09. The predicted molar refractivity (Wildman–Crippen MR) is 70.2 cm³/mol. The van der Waals surface area contributed by atoms with Gasteiger partial charge in [0.05, 0.1) is 5.52 Å². The molecule has 1 aromatic carbocycles. The molecular formula is C14H16ClN. The molecule has 0 fully saturated rings. The van der Waals surface area contributed by atoms with E-state index in [1.54, 1.807) is 0 Å². The molecule has 2 heteroatoms. The Morgan fingerprint density at radius 3 is 2.44 bits per heavy atom. The number of rotatable bonds is 2. The molecular weight excluding hydrogens is 218 g/mol. The van der Waals surface area contributed by atoms with Crippen molar-refractivity contribution < 1.29 is 0 Å². The van der Waals surface area contributed by atoms with Gasteiger partial charge in [-0.3, -0.25) is 4.98 Å². The van der Waals surface area contributed by atoms with Crippen molar-refractivity contribution in [3.8, 4) is 0 Å². The van der Waals surface area contributed by atoms with E-state index >= 15 is 0 Å². The SMILES string of the molecule is CCc1c(C)nc2cc(Cl)ccc2c1CC. The molecule has 0 spiro atoms. The number of hydrogen-bond acceptors (Lipinski definition) is 1. The molecule has 0 saturated heterocycles. The maximum absolute atomic E-state index is 6.00. The second-order valence-electron chi connectivity index (χ2n) is 4.02. The van der Waals surface area contributed by atoms with Crippen LogP contribution in [0.15, 0.2) is 18.2 Å². The minimum atomic E-state index is 0.755. The van der Waals surface area contributed by atoms with Crippen molar-refractivity contribution in [3.05, 3.63) is 40.0 Å². The van der Waals surface area contributed by atoms with Crippen LogP contribution in [0.25, 0.3) is 10.9 Å². The third-order valence-corrected chi connectivity index (χ3v) is 3.32. The second kappa shape index (κ2) is 4.42. The molecule has 0 atom stereocenters. The van der Waals surface area contributed by atoms with Gasteiger partial charge in [0.1, 0.15) is 0 Å². The van der Waals surface area contributed by atoms with Gasteiger partial charge >= 0.3 is 0 Å². The van der Waals surface area contributed by atoms with E-state index in [0.717, 1.165) is 29.1 Å². The van der Waals surface area contributed by atoms with Crippen molar-refractivity contribution in [2.75, 3.05) is 0 Å². The van der Waals surface area contributed by atoms with E-state index in [1.807, 2.05) is 12.1 Å². The Bertz CT molecular complexity index is 532. The van der Waals surface area contributed by atoms with E-state index < -0.39 is 0 Å². The third-order valence-electron chi connectivity index (χ3n) is 3.08. The quantitative estimate of drug-likeness (QED) is 0.753. The Labute approximate surface area is 101 Å². The number of halogens is 1. The lowest BCUT2D eigenvalue weighted by Crippen LogP contribution is -1.99. The highest BCUT2D eigenvalue weighted by atomic mass is 35.5.